The molecule has 3 nitrogen and oxygen atoms in total. The van der Waals surface area contributed by atoms with Crippen LogP contribution in [0.3, 0.4) is 0 Å². The van der Waals surface area contributed by atoms with Crippen molar-refractivity contribution >= 4 is 33.4 Å². The molecule has 0 unspecified atom stereocenters. The van der Waals surface area contributed by atoms with Crippen LogP contribution in [0, 0.1) is 0 Å². The molecule has 3 heteroatoms. The lowest BCUT2D eigenvalue weighted by molar-refractivity contribution is 0.979. The number of nitrogens with zero attached hydrogens (tertiary/aromatic N) is 3. The number of anilines is 3. The Morgan fingerprint density at radius 1 is 0.339 bits per heavy atom. The van der Waals surface area contributed by atoms with Gasteiger partial charge in [-0.25, -0.2) is 4.52 Å². The molecule has 264 valence electrons. The van der Waals surface area contributed by atoms with E-state index in [1.807, 2.05) is 0 Å². The van der Waals surface area contributed by atoms with Crippen LogP contribution in [0.5, 0.6) is 0 Å². The van der Waals surface area contributed by atoms with Gasteiger partial charge in [-0.3, -0.25) is 0 Å². The van der Waals surface area contributed by atoms with E-state index in [0.29, 0.717) is 0 Å². The highest BCUT2D eigenvalue weighted by atomic mass is 15.2. The summed E-state index contributed by atoms with van der Waals surface area (Å²) in [6.07, 6.45) is 0. The van der Waals surface area contributed by atoms with Crippen LogP contribution in [-0.2, 0) is 0 Å². The fraction of sp³-hybridized carbons (Fsp3) is 0. The largest absolute Gasteiger partial charge is 0.310 e. The minimum absolute atomic E-state index is 0.955. The van der Waals surface area contributed by atoms with Gasteiger partial charge in [0.1, 0.15) is 5.69 Å². The summed E-state index contributed by atoms with van der Waals surface area (Å²) < 4.78 is 2.17. The second kappa shape index (κ2) is 14.4. The van der Waals surface area contributed by atoms with Crippen molar-refractivity contribution in [1.82, 2.24) is 9.61 Å². The zero-order valence-corrected chi connectivity index (χ0v) is 30.7. The van der Waals surface area contributed by atoms with Gasteiger partial charge in [-0.1, -0.05) is 188 Å². The van der Waals surface area contributed by atoms with Gasteiger partial charge >= 0.3 is 0 Å². The Labute approximate surface area is 327 Å². The van der Waals surface area contributed by atoms with E-state index in [4.69, 9.17) is 5.10 Å². The van der Waals surface area contributed by atoms with Crippen LogP contribution >= 0.6 is 0 Å². The van der Waals surface area contributed by atoms with Crippen molar-refractivity contribution in [3.05, 3.63) is 224 Å². The number of fused-ring (bicyclic) bond motifs is 3. The van der Waals surface area contributed by atoms with Gasteiger partial charge in [-0.2, -0.15) is 5.10 Å². The summed E-state index contributed by atoms with van der Waals surface area (Å²) >= 11 is 0. The Bertz CT molecular complexity index is 2820. The molecule has 56 heavy (non-hydrogen) atoms. The lowest BCUT2D eigenvalue weighted by Gasteiger charge is -2.28. The van der Waals surface area contributed by atoms with Crippen molar-refractivity contribution in [2.45, 2.75) is 0 Å². The van der Waals surface area contributed by atoms with Gasteiger partial charge in [0.15, 0.2) is 0 Å². The maximum atomic E-state index is 5.46. The summed E-state index contributed by atoms with van der Waals surface area (Å²) in [4.78, 5) is 2.40. The molecular weight excluding hydrogens is 679 g/mol. The summed E-state index contributed by atoms with van der Waals surface area (Å²) in [6, 6.07) is 79.9. The lowest BCUT2D eigenvalue weighted by atomic mass is 9.96. The second-order valence-corrected chi connectivity index (χ2v) is 14.0. The lowest BCUT2D eigenvalue weighted by Crippen LogP contribution is -2.11. The van der Waals surface area contributed by atoms with Gasteiger partial charge in [0.2, 0.25) is 0 Å². The predicted octanol–water partition coefficient (Wildman–Crippen LogP) is 14.3. The van der Waals surface area contributed by atoms with Crippen LogP contribution in [0.15, 0.2) is 224 Å². The standard InChI is InChI=1S/C53H37N3/c1-6-17-38(18-7-1)40-29-33-45(34-30-40)55(46-35-31-41(32-36-46)39-19-8-2-9-20-39)49-28-16-27-47-48(49)37-50(42-21-10-3-11-22-42)56-53(47)51(43-23-12-4-13-24-43)52(54-56)44-25-14-5-15-26-44/h1-37H. The van der Waals surface area contributed by atoms with Crippen LogP contribution in [0.1, 0.15) is 0 Å². The monoisotopic (exact) mass is 715 g/mol. The quantitative estimate of drug-likeness (QED) is 0.156. The molecule has 8 aromatic carbocycles. The van der Waals surface area contributed by atoms with E-state index in [2.05, 4.69) is 234 Å². The Kier molecular flexibility index (Phi) is 8.51. The highest BCUT2D eigenvalue weighted by Crippen LogP contribution is 2.46. The first kappa shape index (κ1) is 33.1. The molecule has 0 fully saturated rings. The third kappa shape index (κ3) is 6.02. The Morgan fingerprint density at radius 2 is 0.768 bits per heavy atom. The van der Waals surface area contributed by atoms with Gasteiger partial charge in [-0.15, -0.1) is 0 Å². The molecule has 0 aliphatic rings. The molecule has 10 rings (SSSR count). The van der Waals surface area contributed by atoms with Crippen molar-refractivity contribution in [2.24, 2.45) is 0 Å². The van der Waals surface area contributed by atoms with Crippen LogP contribution in [0.2, 0.25) is 0 Å². The third-order valence-corrected chi connectivity index (χ3v) is 10.6. The molecule has 0 radical (unpaired) electrons. The van der Waals surface area contributed by atoms with Crippen molar-refractivity contribution < 1.29 is 0 Å². The van der Waals surface area contributed by atoms with E-state index in [9.17, 15) is 0 Å². The first-order valence-electron chi connectivity index (χ1n) is 19.1. The van der Waals surface area contributed by atoms with Gasteiger partial charge < -0.3 is 4.90 Å². The number of rotatable bonds is 8. The molecule has 2 aromatic heterocycles. The summed E-state index contributed by atoms with van der Waals surface area (Å²) in [6.45, 7) is 0. The van der Waals surface area contributed by atoms with E-state index in [-0.39, 0.29) is 0 Å². The van der Waals surface area contributed by atoms with E-state index < -0.39 is 0 Å². The minimum atomic E-state index is 0.955. The Balaban J connectivity index is 1.26. The van der Waals surface area contributed by atoms with Crippen LogP contribution < -0.4 is 4.90 Å². The highest BCUT2D eigenvalue weighted by Gasteiger charge is 2.24. The maximum Gasteiger partial charge on any atom is 0.101 e. The molecule has 0 N–H and O–H groups in total. The average molecular weight is 716 g/mol. The van der Waals surface area contributed by atoms with Crippen molar-refractivity contribution in [1.29, 1.82) is 0 Å². The van der Waals surface area contributed by atoms with Gasteiger partial charge in [0.25, 0.3) is 0 Å². The molecule has 10 aromatic rings. The fourth-order valence-corrected chi connectivity index (χ4v) is 7.93. The average Bonchev–Trinajstić information content (AvgIpc) is 3.70. The smallest absolute Gasteiger partial charge is 0.101 e. The minimum Gasteiger partial charge on any atom is -0.310 e. The van der Waals surface area contributed by atoms with Crippen molar-refractivity contribution in [3.8, 4) is 55.9 Å². The molecule has 0 saturated carbocycles. The molecule has 0 saturated heterocycles. The Hall–Kier alpha value is -7.49. The predicted molar refractivity (Wildman–Crippen MR) is 235 cm³/mol. The van der Waals surface area contributed by atoms with E-state index in [0.717, 1.165) is 67.0 Å². The first-order valence-corrected chi connectivity index (χ1v) is 19.1. The highest BCUT2D eigenvalue weighted by molar-refractivity contribution is 6.13. The molecule has 0 amide bonds. The number of pyridine rings is 1. The third-order valence-electron chi connectivity index (χ3n) is 10.6. The Morgan fingerprint density at radius 3 is 1.27 bits per heavy atom. The number of hydrogen-bond donors (Lipinski definition) is 0. The molecule has 0 spiro atoms. The fourth-order valence-electron chi connectivity index (χ4n) is 7.93. The number of benzene rings is 8. The molecular formula is C53H37N3. The zero-order valence-electron chi connectivity index (χ0n) is 30.7. The maximum absolute atomic E-state index is 5.46. The number of aromatic nitrogens is 2. The molecule has 0 atom stereocenters. The van der Waals surface area contributed by atoms with Crippen molar-refractivity contribution in [3.63, 3.8) is 0 Å². The summed E-state index contributed by atoms with van der Waals surface area (Å²) in [5, 5.41) is 7.72. The normalized spacial score (nSPS) is 11.2. The molecule has 2 heterocycles. The molecule has 0 aliphatic carbocycles. The van der Waals surface area contributed by atoms with Gasteiger partial charge in [0, 0.05) is 38.8 Å². The van der Waals surface area contributed by atoms with Crippen molar-refractivity contribution in [2.75, 3.05) is 4.90 Å². The van der Waals surface area contributed by atoms with Crippen LogP contribution in [-0.4, -0.2) is 9.61 Å². The number of hydrogen-bond acceptors (Lipinski definition) is 2. The molecule has 0 bridgehead atoms. The SMILES string of the molecule is c1ccc(-c2ccc(N(c3ccc(-c4ccccc4)cc3)c3cccc4c3cc(-c3ccccc3)n3nc(-c5ccccc5)c(-c5ccccc5)c43)cc2)cc1. The summed E-state index contributed by atoms with van der Waals surface area (Å²) in [5.74, 6) is 0. The zero-order chi connectivity index (χ0) is 37.3. The van der Waals surface area contributed by atoms with Gasteiger partial charge in [-0.05, 0) is 64.2 Å². The van der Waals surface area contributed by atoms with E-state index in [1.54, 1.807) is 0 Å². The summed E-state index contributed by atoms with van der Waals surface area (Å²) in [7, 11) is 0. The second-order valence-electron chi connectivity index (χ2n) is 14.0. The first-order chi connectivity index (χ1) is 27.8. The van der Waals surface area contributed by atoms with Crippen LogP contribution in [0.25, 0.3) is 72.2 Å². The van der Waals surface area contributed by atoms with E-state index >= 15 is 0 Å². The van der Waals surface area contributed by atoms with Gasteiger partial charge in [0.05, 0.1) is 16.9 Å². The molecule has 0 aliphatic heterocycles. The topological polar surface area (TPSA) is 20.5 Å². The van der Waals surface area contributed by atoms with Crippen LogP contribution in [0.4, 0.5) is 17.1 Å². The summed E-state index contributed by atoms with van der Waals surface area (Å²) in [5.41, 5.74) is 15.5. The van der Waals surface area contributed by atoms with E-state index in [1.165, 1.54) is 22.3 Å².